The van der Waals surface area contributed by atoms with Gasteiger partial charge in [-0.15, -0.1) is 0 Å². The van der Waals surface area contributed by atoms with E-state index < -0.39 is 4.92 Å². The Kier molecular flexibility index (Phi) is 3.97. The minimum atomic E-state index is -0.485. The number of rotatable bonds is 3. The molecule has 0 amide bonds. The molecule has 0 atom stereocenters. The van der Waals surface area contributed by atoms with Crippen molar-refractivity contribution in [1.82, 2.24) is 0 Å². The van der Waals surface area contributed by atoms with Gasteiger partial charge in [0.15, 0.2) is 0 Å². The molecule has 1 aromatic carbocycles. The van der Waals surface area contributed by atoms with Crippen LogP contribution >= 0.6 is 0 Å². The summed E-state index contributed by atoms with van der Waals surface area (Å²) >= 11 is 0. The van der Waals surface area contributed by atoms with Gasteiger partial charge in [-0.3, -0.25) is 10.1 Å². The van der Waals surface area contributed by atoms with Crippen molar-refractivity contribution in [3.63, 3.8) is 0 Å². The lowest BCUT2D eigenvalue weighted by molar-refractivity contribution is -0.384. The summed E-state index contributed by atoms with van der Waals surface area (Å²) in [6, 6.07) is 6.44. The predicted octanol–water partition coefficient (Wildman–Crippen LogP) is 2.18. The van der Waals surface area contributed by atoms with E-state index in [0.29, 0.717) is 18.5 Å². The highest BCUT2D eigenvalue weighted by atomic mass is 16.6. The Balaban J connectivity index is 2.16. The Morgan fingerprint density at radius 3 is 2.63 bits per heavy atom. The maximum Gasteiger partial charge on any atom is 0.293 e. The number of hydrogen-bond acceptors (Lipinski definition) is 5. The lowest BCUT2D eigenvalue weighted by Crippen LogP contribution is -2.28. The molecule has 6 heteroatoms. The van der Waals surface area contributed by atoms with Crippen molar-refractivity contribution in [1.29, 1.82) is 5.26 Å². The average Bonchev–Trinajstić information content (AvgIpc) is 2.41. The Hall–Kier alpha value is -2.13. The van der Waals surface area contributed by atoms with E-state index in [1.54, 1.807) is 12.1 Å². The Bertz CT molecular complexity index is 516. The smallest absolute Gasteiger partial charge is 0.293 e. The second-order valence-electron chi connectivity index (χ2n) is 4.75. The van der Waals surface area contributed by atoms with Crippen LogP contribution in [0.3, 0.4) is 0 Å². The fourth-order valence-electron chi connectivity index (χ4n) is 2.31. The zero-order valence-electron chi connectivity index (χ0n) is 10.4. The van der Waals surface area contributed by atoms with Crippen molar-refractivity contribution in [2.45, 2.75) is 37.8 Å². The zero-order chi connectivity index (χ0) is 13.8. The third-order valence-corrected chi connectivity index (χ3v) is 3.38. The first-order valence-electron chi connectivity index (χ1n) is 6.23. The molecular weight excluding hydrogens is 246 g/mol. The number of anilines is 1. The summed E-state index contributed by atoms with van der Waals surface area (Å²) in [5.74, 6) is 0. The lowest BCUT2D eigenvalue weighted by atomic mass is 9.93. The van der Waals surface area contributed by atoms with Gasteiger partial charge in [0.2, 0.25) is 0 Å². The van der Waals surface area contributed by atoms with E-state index in [-0.39, 0.29) is 23.4 Å². The third kappa shape index (κ3) is 3.20. The molecule has 1 saturated carbocycles. The van der Waals surface area contributed by atoms with Crippen molar-refractivity contribution < 1.29 is 10.0 Å². The molecule has 1 aromatic rings. The molecule has 0 aliphatic heterocycles. The van der Waals surface area contributed by atoms with Crippen LogP contribution in [-0.2, 0) is 0 Å². The summed E-state index contributed by atoms with van der Waals surface area (Å²) in [6.45, 7) is 0. The quantitative estimate of drug-likeness (QED) is 0.641. The number of nitro groups is 1. The number of benzene rings is 1. The molecule has 0 unspecified atom stereocenters. The monoisotopic (exact) mass is 261 g/mol. The first kappa shape index (κ1) is 13.3. The van der Waals surface area contributed by atoms with Gasteiger partial charge in [-0.2, -0.15) is 5.26 Å². The number of hydrogen-bond donors (Lipinski definition) is 2. The number of nitriles is 1. The third-order valence-electron chi connectivity index (χ3n) is 3.38. The summed E-state index contributed by atoms with van der Waals surface area (Å²) in [6.07, 6.45) is 2.74. The van der Waals surface area contributed by atoms with Gasteiger partial charge in [-0.25, -0.2) is 0 Å². The molecular formula is C13H15N3O3. The van der Waals surface area contributed by atoms with Crippen LogP contribution in [0.2, 0.25) is 0 Å². The van der Waals surface area contributed by atoms with Crippen LogP contribution in [0.4, 0.5) is 11.4 Å². The number of nitrogens with zero attached hydrogens (tertiary/aromatic N) is 2. The molecule has 0 bridgehead atoms. The first-order valence-corrected chi connectivity index (χ1v) is 6.23. The van der Waals surface area contributed by atoms with Crippen LogP contribution in [0.1, 0.15) is 31.2 Å². The van der Waals surface area contributed by atoms with Gasteiger partial charge >= 0.3 is 0 Å². The fraction of sp³-hybridized carbons (Fsp3) is 0.462. The summed E-state index contributed by atoms with van der Waals surface area (Å²) in [7, 11) is 0. The lowest BCUT2D eigenvalue weighted by Gasteiger charge is -2.26. The van der Waals surface area contributed by atoms with Crippen molar-refractivity contribution in [2.24, 2.45) is 0 Å². The van der Waals surface area contributed by atoms with E-state index in [4.69, 9.17) is 5.26 Å². The van der Waals surface area contributed by atoms with Gasteiger partial charge in [0.05, 0.1) is 22.7 Å². The maximum atomic E-state index is 11.0. The van der Waals surface area contributed by atoms with Crippen LogP contribution in [0.25, 0.3) is 0 Å². The van der Waals surface area contributed by atoms with Crippen LogP contribution in [0.15, 0.2) is 18.2 Å². The minimum Gasteiger partial charge on any atom is -0.393 e. The molecule has 0 heterocycles. The molecule has 1 fully saturated rings. The van der Waals surface area contributed by atoms with Gasteiger partial charge in [0.25, 0.3) is 5.69 Å². The van der Waals surface area contributed by atoms with Crippen molar-refractivity contribution in [2.75, 3.05) is 5.32 Å². The Morgan fingerprint density at radius 1 is 1.37 bits per heavy atom. The summed E-state index contributed by atoms with van der Waals surface area (Å²) < 4.78 is 0. The highest BCUT2D eigenvalue weighted by molar-refractivity contribution is 5.64. The molecule has 0 saturated heterocycles. The fourth-order valence-corrected chi connectivity index (χ4v) is 2.31. The molecule has 6 nitrogen and oxygen atoms in total. The van der Waals surface area contributed by atoms with E-state index in [0.717, 1.165) is 12.8 Å². The molecule has 0 spiro atoms. The molecule has 100 valence electrons. The molecule has 1 aliphatic rings. The largest absolute Gasteiger partial charge is 0.393 e. The van der Waals surface area contributed by atoms with Crippen LogP contribution in [0, 0.1) is 21.4 Å². The minimum absolute atomic E-state index is 0.0785. The summed E-state index contributed by atoms with van der Waals surface area (Å²) in [5.41, 5.74) is 0.631. The van der Waals surface area contributed by atoms with Gasteiger partial charge in [-0.05, 0) is 37.8 Å². The molecule has 1 aliphatic carbocycles. The summed E-state index contributed by atoms with van der Waals surface area (Å²) in [4.78, 5) is 10.5. The van der Waals surface area contributed by atoms with Crippen LogP contribution in [0.5, 0.6) is 0 Å². The molecule has 0 aromatic heterocycles. The highest BCUT2D eigenvalue weighted by Gasteiger charge is 2.22. The van der Waals surface area contributed by atoms with Crippen molar-refractivity contribution in [3.05, 3.63) is 33.9 Å². The van der Waals surface area contributed by atoms with Crippen LogP contribution < -0.4 is 5.32 Å². The van der Waals surface area contributed by atoms with Crippen LogP contribution in [-0.4, -0.2) is 22.2 Å². The van der Waals surface area contributed by atoms with E-state index in [2.05, 4.69) is 5.32 Å². The Labute approximate surface area is 110 Å². The number of aliphatic hydroxyl groups excluding tert-OH is 1. The number of nitrogens with one attached hydrogen (secondary N) is 1. The van der Waals surface area contributed by atoms with E-state index in [9.17, 15) is 15.2 Å². The van der Waals surface area contributed by atoms with E-state index in [1.807, 2.05) is 6.07 Å². The number of aliphatic hydroxyl groups is 1. The van der Waals surface area contributed by atoms with Gasteiger partial charge in [0, 0.05) is 12.1 Å². The molecule has 19 heavy (non-hydrogen) atoms. The predicted molar refractivity (Wildman–Crippen MR) is 69.7 cm³/mol. The van der Waals surface area contributed by atoms with E-state index in [1.165, 1.54) is 6.07 Å². The Morgan fingerprint density at radius 2 is 2.05 bits per heavy atom. The summed E-state index contributed by atoms with van der Waals surface area (Å²) in [5, 5.41) is 32.3. The zero-order valence-corrected chi connectivity index (χ0v) is 10.4. The molecule has 0 radical (unpaired) electrons. The standard InChI is InChI=1S/C13H15N3O3/c14-8-9-1-6-12(13(7-9)16(18)19)15-10-2-4-11(17)5-3-10/h1,6-7,10-11,15,17H,2-5H2. The average molecular weight is 261 g/mol. The van der Waals surface area contributed by atoms with Gasteiger partial charge in [-0.1, -0.05) is 0 Å². The maximum absolute atomic E-state index is 11.0. The van der Waals surface area contributed by atoms with E-state index >= 15 is 0 Å². The topological polar surface area (TPSA) is 99.2 Å². The second-order valence-corrected chi connectivity index (χ2v) is 4.75. The normalized spacial score (nSPS) is 22.5. The van der Waals surface area contributed by atoms with Gasteiger partial charge in [0.1, 0.15) is 5.69 Å². The van der Waals surface area contributed by atoms with Crippen molar-refractivity contribution >= 4 is 11.4 Å². The highest BCUT2D eigenvalue weighted by Crippen LogP contribution is 2.29. The molecule has 2 N–H and O–H groups in total. The second kappa shape index (κ2) is 5.67. The first-order chi connectivity index (χ1) is 9.10. The van der Waals surface area contributed by atoms with Crippen molar-refractivity contribution in [3.8, 4) is 6.07 Å². The number of nitro benzene ring substituents is 1. The SMILES string of the molecule is N#Cc1ccc(NC2CCC(O)CC2)c([N+](=O)[O-])c1. The van der Waals surface area contributed by atoms with Gasteiger partial charge < -0.3 is 10.4 Å². The molecule has 2 rings (SSSR count).